The highest BCUT2D eigenvalue weighted by Crippen LogP contribution is 2.40. The first kappa shape index (κ1) is 23.3. The fourth-order valence-electron chi connectivity index (χ4n) is 3.07. The third-order valence-electron chi connectivity index (χ3n) is 5.36. The Labute approximate surface area is 179 Å². The van der Waals surface area contributed by atoms with Gasteiger partial charge in [-0.05, 0) is 54.8 Å². The maximum atomic E-state index is 6.79. The molecule has 0 aliphatic carbocycles. The normalized spacial score (nSPS) is 13.2. The standard InChI is InChI=1S/C22H35BrN2O2Si/c1-9-26-15-18-24-20(23)19(17-13-11-10-12-14-17)25(18)16-22(5,6)27-28(7,8)21(2,3)4/h10-14H,9,15-16H2,1-8H3. The van der Waals surface area contributed by atoms with Gasteiger partial charge < -0.3 is 13.7 Å². The molecule has 156 valence electrons. The van der Waals surface area contributed by atoms with Gasteiger partial charge in [0.05, 0.1) is 17.8 Å². The van der Waals surface area contributed by atoms with Crippen LogP contribution in [0.1, 0.15) is 47.4 Å². The van der Waals surface area contributed by atoms with E-state index in [9.17, 15) is 0 Å². The van der Waals surface area contributed by atoms with Crippen LogP contribution in [-0.4, -0.2) is 30.1 Å². The Morgan fingerprint density at radius 3 is 2.21 bits per heavy atom. The Morgan fingerprint density at radius 1 is 1.07 bits per heavy atom. The van der Waals surface area contributed by atoms with E-state index in [2.05, 4.69) is 92.5 Å². The smallest absolute Gasteiger partial charge is 0.192 e. The molecule has 0 aliphatic heterocycles. The molecule has 0 bridgehead atoms. The molecule has 1 heterocycles. The van der Waals surface area contributed by atoms with Crippen molar-refractivity contribution < 1.29 is 9.16 Å². The molecule has 4 nitrogen and oxygen atoms in total. The van der Waals surface area contributed by atoms with E-state index in [0.29, 0.717) is 19.8 Å². The van der Waals surface area contributed by atoms with Gasteiger partial charge in [0.25, 0.3) is 0 Å². The van der Waals surface area contributed by atoms with E-state index < -0.39 is 8.32 Å². The molecule has 0 fully saturated rings. The zero-order chi connectivity index (χ0) is 21.2. The lowest BCUT2D eigenvalue weighted by Gasteiger charge is -2.43. The predicted octanol–water partition coefficient (Wildman–Crippen LogP) is 6.65. The van der Waals surface area contributed by atoms with Gasteiger partial charge in [0.1, 0.15) is 17.0 Å². The Balaban J connectivity index is 2.44. The zero-order valence-electron chi connectivity index (χ0n) is 18.6. The highest BCUT2D eigenvalue weighted by atomic mass is 79.9. The van der Waals surface area contributed by atoms with Crippen molar-refractivity contribution >= 4 is 24.2 Å². The van der Waals surface area contributed by atoms with Crippen LogP contribution in [0.2, 0.25) is 18.1 Å². The molecule has 28 heavy (non-hydrogen) atoms. The summed E-state index contributed by atoms with van der Waals surface area (Å²) in [5, 5.41) is 0.163. The van der Waals surface area contributed by atoms with Crippen LogP contribution in [0.5, 0.6) is 0 Å². The van der Waals surface area contributed by atoms with Gasteiger partial charge in [-0.15, -0.1) is 0 Å². The van der Waals surface area contributed by atoms with E-state index in [1.54, 1.807) is 0 Å². The van der Waals surface area contributed by atoms with Crippen molar-refractivity contribution in [1.29, 1.82) is 0 Å². The average molecular weight is 468 g/mol. The fraction of sp³-hybridized carbons (Fsp3) is 0.591. The molecule has 0 amide bonds. The monoisotopic (exact) mass is 466 g/mol. The second-order valence-corrected chi connectivity index (χ2v) is 14.9. The van der Waals surface area contributed by atoms with Gasteiger partial charge in [0, 0.05) is 12.2 Å². The number of ether oxygens (including phenoxy) is 1. The summed E-state index contributed by atoms with van der Waals surface area (Å²) in [5.41, 5.74) is 1.88. The molecule has 2 aromatic rings. The minimum atomic E-state index is -1.90. The van der Waals surface area contributed by atoms with Crippen LogP contribution in [0.25, 0.3) is 11.3 Å². The minimum absolute atomic E-state index is 0.163. The van der Waals surface area contributed by atoms with Gasteiger partial charge in [-0.1, -0.05) is 51.1 Å². The van der Waals surface area contributed by atoms with Crippen molar-refractivity contribution in [2.24, 2.45) is 0 Å². The number of imidazole rings is 1. The summed E-state index contributed by atoms with van der Waals surface area (Å²) < 4.78 is 15.6. The number of hydrogen-bond donors (Lipinski definition) is 0. The molecule has 6 heteroatoms. The lowest BCUT2D eigenvalue weighted by molar-refractivity contribution is 0.0681. The summed E-state index contributed by atoms with van der Waals surface area (Å²) in [6, 6.07) is 10.4. The van der Waals surface area contributed by atoms with Gasteiger partial charge in [-0.3, -0.25) is 0 Å². The van der Waals surface area contributed by atoms with Gasteiger partial charge in [-0.2, -0.15) is 0 Å². The molecule has 0 atom stereocenters. The Morgan fingerprint density at radius 2 is 1.68 bits per heavy atom. The van der Waals surface area contributed by atoms with E-state index in [1.807, 2.05) is 13.0 Å². The zero-order valence-corrected chi connectivity index (χ0v) is 21.2. The van der Waals surface area contributed by atoms with Crippen molar-refractivity contribution in [3.8, 4) is 11.3 Å². The van der Waals surface area contributed by atoms with Crippen molar-refractivity contribution in [3.63, 3.8) is 0 Å². The number of hydrogen-bond acceptors (Lipinski definition) is 3. The second kappa shape index (κ2) is 8.82. The van der Waals surface area contributed by atoms with E-state index in [1.165, 1.54) is 0 Å². The van der Waals surface area contributed by atoms with Crippen LogP contribution in [0, 0.1) is 0 Å². The molecular formula is C22H35BrN2O2Si. The number of benzene rings is 1. The van der Waals surface area contributed by atoms with Crippen molar-refractivity contribution in [2.75, 3.05) is 6.61 Å². The van der Waals surface area contributed by atoms with Crippen molar-refractivity contribution in [1.82, 2.24) is 9.55 Å². The molecule has 0 radical (unpaired) electrons. The molecule has 1 aromatic heterocycles. The molecule has 0 aliphatic rings. The van der Waals surface area contributed by atoms with Gasteiger partial charge in [0.15, 0.2) is 8.32 Å². The molecular weight excluding hydrogens is 432 g/mol. The van der Waals surface area contributed by atoms with Crippen molar-refractivity contribution in [3.05, 3.63) is 40.8 Å². The third-order valence-corrected chi connectivity index (χ3v) is 10.6. The number of halogens is 1. The average Bonchev–Trinajstić information content (AvgIpc) is 2.86. The highest BCUT2D eigenvalue weighted by molar-refractivity contribution is 9.10. The van der Waals surface area contributed by atoms with Crippen LogP contribution in [0.15, 0.2) is 34.9 Å². The third kappa shape index (κ3) is 5.56. The predicted molar refractivity (Wildman–Crippen MR) is 123 cm³/mol. The van der Waals surface area contributed by atoms with E-state index in [4.69, 9.17) is 14.1 Å². The Hall–Kier alpha value is -0.953. The summed E-state index contributed by atoms with van der Waals surface area (Å²) in [5.74, 6) is 0.916. The Kier molecular flexibility index (Phi) is 7.35. The molecule has 0 saturated heterocycles. The van der Waals surface area contributed by atoms with Gasteiger partial charge >= 0.3 is 0 Å². The summed E-state index contributed by atoms with van der Waals surface area (Å²) in [6.07, 6.45) is 0. The Bertz CT molecular complexity index is 780. The van der Waals surface area contributed by atoms with Crippen LogP contribution in [0.4, 0.5) is 0 Å². The summed E-state index contributed by atoms with van der Waals surface area (Å²) in [4.78, 5) is 4.76. The first-order valence-electron chi connectivity index (χ1n) is 9.96. The van der Waals surface area contributed by atoms with Gasteiger partial charge in [-0.25, -0.2) is 4.98 Å². The molecule has 2 rings (SSSR count). The van der Waals surface area contributed by atoms with E-state index in [-0.39, 0.29) is 10.6 Å². The molecule has 0 saturated carbocycles. The maximum absolute atomic E-state index is 6.79. The summed E-state index contributed by atoms with van der Waals surface area (Å²) >= 11 is 3.68. The molecule has 1 aromatic carbocycles. The SMILES string of the molecule is CCOCc1nc(Br)c(-c2ccccc2)n1CC(C)(C)O[Si](C)(C)C(C)(C)C. The van der Waals surface area contributed by atoms with Crippen LogP contribution in [-0.2, 0) is 22.3 Å². The van der Waals surface area contributed by atoms with Gasteiger partial charge in [0.2, 0.25) is 0 Å². The lowest BCUT2D eigenvalue weighted by Crippen LogP contribution is -2.49. The minimum Gasteiger partial charge on any atom is -0.410 e. The fourth-order valence-corrected chi connectivity index (χ4v) is 5.47. The number of aromatic nitrogens is 2. The second-order valence-electron chi connectivity index (χ2n) is 9.38. The lowest BCUT2D eigenvalue weighted by atomic mass is 10.1. The number of nitrogens with zero attached hydrogens (tertiary/aromatic N) is 2. The van der Waals surface area contributed by atoms with Crippen molar-refractivity contribution in [2.45, 2.75) is 78.4 Å². The largest absolute Gasteiger partial charge is 0.410 e. The van der Waals surface area contributed by atoms with E-state index in [0.717, 1.165) is 21.7 Å². The van der Waals surface area contributed by atoms with E-state index >= 15 is 0 Å². The maximum Gasteiger partial charge on any atom is 0.192 e. The number of rotatable bonds is 8. The first-order valence-corrected chi connectivity index (χ1v) is 13.7. The quantitative estimate of drug-likeness (QED) is 0.408. The van der Waals surface area contributed by atoms with Crippen LogP contribution >= 0.6 is 15.9 Å². The molecule has 0 unspecified atom stereocenters. The van der Waals surface area contributed by atoms with Crippen LogP contribution in [0.3, 0.4) is 0 Å². The first-order chi connectivity index (χ1) is 12.9. The molecule has 0 spiro atoms. The summed E-state index contributed by atoms with van der Waals surface area (Å²) in [6.45, 7) is 19.7. The summed E-state index contributed by atoms with van der Waals surface area (Å²) in [7, 11) is -1.90. The topological polar surface area (TPSA) is 36.3 Å². The highest BCUT2D eigenvalue weighted by Gasteiger charge is 2.42. The molecule has 0 N–H and O–H groups in total. The van der Waals surface area contributed by atoms with Crippen LogP contribution < -0.4 is 0 Å².